The number of hydrogen-bond acceptors (Lipinski definition) is 6. The second kappa shape index (κ2) is 4.94. The van der Waals surface area contributed by atoms with E-state index in [1.54, 1.807) is 18.6 Å². The first-order valence-electron chi connectivity index (χ1n) is 7.17. The summed E-state index contributed by atoms with van der Waals surface area (Å²) < 4.78 is 7.41. The van der Waals surface area contributed by atoms with Crippen LogP contribution >= 0.6 is 0 Å². The molecule has 0 bridgehead atoms. The number of pyridine rings is 1. The lowest BCUT2D eigenvalue weighted by Crippen LogP contribution is -2.03. The van der Waals surface area contributed by atoms with E-state index >= 15 is 0 Å². The van der Waals surface area contributed by atoms with Crippen molar-refractivity contribution in [2.24, 2.45) is 13.0 Å². The molecule has 112 valence electrons. The number of aryl methyl sites for hydroxylation is 1. The fraction of sp³-hybridized carbons (Fsp3) is 0.333. The second-order valence-corrected chi connectivity index (χ2v) is 5.56. The first-order valence-corrected chi connectivity index (χ1v) is 7.17. The van der Waals surface area contributed by atoms with Crippen LogP contribution in [0, 0.1) is 5.92 Å². The van der Waals surface area contributed by atoms with E-state index in [9.17, 15) is 5.11 Å². The second-order valence-electron chi connectivity index (χ2n) is 5.56. The molecule has 1 fully saturated rings. The zero-order chi connectivity index (χ0) is 15.1. The van der Waals surface area contributed by atoms with Gasteiger partial charge in [0.05, 0.1) is 18.3 Å². The van der Waals surface area contributed by atoms with Crippen LogP contribution in [0.1, 0.15) is 12.8 Å². The number of hydrogen-bond donors (Lipinski definition) is 1. The van der Waals surface area contributed by atoms with Crippen LogP contribution in [0.25, 0.3) is 22.3 Å². The lowest BCUT2D eigenvalue weighted by atomic mass is 10.2. The lowest BCUT2D eigenvalue weighted by molar-refractivity contribution is 0.273. The average molecular weight is 297 g/mol. The molecule has 0 unspecified atom stereocenters. The Morgan fingerprint density at radius 2 is 2.18 bits per heavy atom. The molecule has 0 radical (unpaired) electrons. The fourth-order valence-electron chi connectivity index (χ4n) is 2.28. The topological polar surface area (TPSA) is 86.0 Å². The highest BCUT2D eigenvalue weighted by Gasteiger charge is 2.23. The molecule has 0 saturated heterocycles. The van der Waals surface area contributed by atoms with Gasteiger partial charge in [-0.15, -0.1) is 0 Å². The Hall–Kier alpha value is -2.70. The van der Waals surface area contributed by atoms with Crippen molar-refractivity contribution >= 4 is 10.9 Å². The molecule has 0 amide bonds. The van der Waals surface area contributed by atoms with E-state index in [2.05, 4.69) is 19.9 Å². The van der Waals surface area contributed by atoms with E-state index in [4.69, 9.17) is 4.74 Å². The summed E-state index contributed by atoms with van der Waals surface area (Å²) in [7, 11) is 1.89. The summed E-state index contributed by atoms with van der Waals surface area (Å²) in [5.74, 6) is 0.487. The van der Waals surface area contributed by atoms with Crippen LogP contribution in [0.5, 0.6) is 11.9 Å². The highest BCUT2D eigenvalue weighted by atomic mass is 16.5. The summed E-state index contributed by atoms with van der Waals surface area (Å²) in [6.45, 7) is 0.587. The third-order valence-corrected chi connectivity index (χ3v) is 3.67. The van der Waals surface area contributed by atoms with Gasteiger partial charge in [0.1, 0.15) is 16.9 Å². The van der Waals surface area contributed by atoms with Gasteiger partial charge in [-0.25, -0.2) is 4.98 Å². The molecule has 7 heteroatoms. The molecule has 0 aromatic carbocycles. The maximum Gasteiger partial charge on any atom is 0.320 e. The van der Waals surface area contributed by atoms with Gasteiger partial charge >= 0.3 is 6.01 Å². The molecule has 7 nitrogen and oxygen atoms in total. The average Bonchev–Trinajstić information content (AvgIpc) is 3.25. The van der Waals surface area contributed by atoms with Crippen LogP contribution in [0.15, 0.2) is 24.8 Å². The van der Waals surface area contributed by atoms with Gasteiger partial charge in [0.15, 0.2) is 0 Å². The van der Waals surface area contributed by atoms with Crippen molar-refractivity contribution in [1.82, 2.24) is 24.5 Å². The Morgan fingerprint density at radius 3 is 2.91 bits per heavy atom. The van der Waals surface area contributed by atoms with Gasteiger partial charge in [-0.05, 0) is 24.8 Å². The van der Waals surface area contributed by atoms with Crippen molar-refractivity contribution in [1.29, 1.82) is 0 Å². The van der Waals surface area contributed by atoms with Crippen LogP contribution in [0.4, 0.5) is 0 Å². The highest BCUT2D eigenvalue weighted by molar-refractivity contribution is 5.93. The summed E-state index contributed by atoms with van der Waals surface area (Å²) in [6.07, 6.45) is 7.52. The minimum absolute atomic E-state index is 0.102. The van der Waals surface area contributed by atoms with Gasteiger partial charge in [0.2, 0.25) is 5.88 Å². The van der Waals surface area contributed by atoms with E-state index in [-0.39, 0.29) is 11.9 Å². The molecule has 1 aliphatic carbocycles. The molecule has 0 atom stereocenters. The summed E-state index contributed by atoms with van der Waals surface area (Å²) in [5.41, 5.74) is 1.84. The molecular weight excluding hydrogens is 282 g/mol. The van der Waals surface area contributed by atoms with E-state index < -0.39 is 0 Å². The largest absolute Gasteiger partial charge is 0.493 e. The molecule has 3 aromatic heterocycles. The molecule has 1 N–H and O–H groups in total. The Labute approximate surface area is 126 Å². The van der Waals surface area contributed by atoms with Crippen molar-refractivity contribution in [2.45, 2.75) is 12.8 Å². The van der Waals surface area contributed by atoms with E-state index in [0.29, 0.717) is 34.8 Å². The monoisotopic (exact) mass is 297 g/mol. The maximum absolute atomic E-state index is 10.1. The van der Waals surface area contributed by atoms with Gasteiger partial charge in [0.25, 0.3) is 0 Å². The van der Waals surface area contributed by atoms with Crippen LogP contribution in [0.2, 0.25) is 0 Å². The van der Waals surface area contributed by atoms with Crippen LogP contribution in [-0.2, 0) is 7.05 Å². The van der Waals surface area contributed by atoms with Crippen molar-refractivity contribution in [3.8, 4) is 23.3 Å². The van der Waals surface area contributed by atoms with Crippen LogP contribution in [0.3, 0.4) is 0 Å². The summed E-state index contributed by atoms with van der Waals surface area (Å²) in [5, 5.41) is 10.7. The molecule has 3 heterocycles. The van der Waals surface area contributed by atoms with E-state index in [1.807, 2.05) is 17.8 Å². The van der Waals surface area contributed by atoms with Crippen LogP contribution in [-0.4, -0.2) is 36.2 Å². The molecule has 4 rings (SSSR count). The normalized spacial score (nSPS) is 14.4. The molecule has 1 saturated carbocycles. The van der Waals surface area contributed by atoms with Crippen LogP contribution < -0.4 is 4.74 Å². The van der Waals surface area contributed by atoms with Crippen molar-refractivity contribution in [3.05, 3.63) is 24.8 Å². The molecule has 22 heavy (non-hydrogen) atoms. The summed E-state index contributed by atoms with van der Waals surface area (Å²) in [6, 6.07) is 1.86. The standard InChI is InChI=1S/C15H15N5O2/c1-20-6-11(17-8-20)13-12-10(4-5-16-13)14(21)19-15(18-12)22-7-9-2-3-9/h4-6,8-9H,2-3,7H2,1H3,(H,18,19,21). The predicted molar refractivity (Wildman–Crippen MR) is 79.4 cm³/mol. The number of aromatic hydroxyl groups is 1. The van der Waals surface area contributed by atoms with Gasteiger partial charge in [0, 0.05) is 19.4 Å². The molecular formula is C15H15N5O2. The highest BCUT2D eigenvalue weighted by Crippen LogP contribution is 2.32. The minimum atomic E-state index is -0.102. The third-order valence-electron chi connectivity index (χ3n) is 3.67. The smallest absolute Gasteiger partial charge is 0.320 e. The Kier molecular flexibility index (Phi) is 2.92. The zero-order valence-electron chi connectivity index (χ0n) is 12.1. The molecule has 3 aromatic rings. The van der Waals surface area contributed by atoms with Gasteiger partial charge in [-0.1, -0.05) is 0 Å². The fourth-order valence-corrected chi connectivity index (χ4v) is 2.28. The Morgan fingerprint density at radius 1 is 1.32 bits per heavy atom. The lowest BCUT2D eigenvalue weighted by Gasteiger charge is -2.07. The molecule has 1 aliphatic rings. The summed E-state index contributed by atoms with van der Waals surface area (Å²) in [4.78, 5) is 17.1. The SMILES string of the molecule is Cn1cnc(-c2nccc3c(O)nc(OCC4CC4)nc23)c1. The molecule has 0 spiro atoms. The van der Waals surface area contributed by atoms with Gasteiger partial charge in [-0.2, -0.15) is 9.97 Å². The Bertz CT molecular complexity index is 841. The first kappa shape index (κ1) is 13.0. The van der Waals surface area contributed by atoms with Crippen molar-refractivity contribution < 1.29 is 9.84 Å². The van der Waals surface area contributed by atoms with E-state index in [0.717, 1.165) is 0 Å². The number of ether oxygens (including phenoxy) is 1. The summed E-state index contributed by atoms with van der Waals surface area (Å²) >= 11 is 0. The zero-order valence-corrected chi connectivity index (χ0v) is 12.1. The van der Waals surface area contributed by atoms with Gasteiger partial charge < -0.3 is 14.4 Å². The van der Waals surface area contributed by atoms with Crippen molar-refractivity contribution in [2.75, 3.05) is 6.61 Å². The quantitative estimate of drug-likeness (QED) is 0.791. The number of imidazole rings is 1. The number of fused-ring (bicyclic) bond motifs is 1. The molecule has 0 aliphatic heterocycles. The van der Waals surface area contributed by atoms with E-state index in [1.165, 1.54) is 12.8 Å². The van der Waals surface area contributed by atoms with Gasteiger partial charge in [-0.3, -0.25) is 4.98 Å². The maximum atomic E-state index is 10.1. The number of aromatic nitrogens is 5. The minimum Gasteiger partial charge on any atom is -0.493 e. The predicted octanol–water partition coefficient (Wildman–Crippen LogP) is 1.92. The third kappa shape index (κ3) is 2.34. The number of rotatable bonds is 4. The Balaban J connectivity index is 1.81. The number of nitrogens with zero attached hydrogens (tertiary/aromatic N) is 5. The first-order chi connectivity index (χ1) is 10.7. The van der Waals surface area contributed by atoms with Crippen molar-refractivity contribution in [3.63, 3.8) is 0 Å².